The molecular formula is C13H19NO2. The summed E-state index contributed by atoms with van der Waals surface area (Å²) in [7, 11) is 1.67. The number of ether oxygens (including phenoxy) is 2. The first-order valence-electron chi connectivity index (χ1n) is 5.53. The van der Waals surface area contributed by atoms with Crippen molar-refractivity contribution in [2.24, 2.45) is 0 Å². The Morgan fingerprint density at radius 3 is 2.62 bits per heavy atom. The van der Waals surface area contributed by atoms with E-state index in [2.05, 4.69) is 32.2 Å². The maximum absolute atomic E-state index is 5.87. The maximum Gasteiger partial charge on any atom is 0.143 e. The van der Waals surface area contributed by atoms with Crippen molar-refractivity contribution in [1.29, 1.82) is 0 Å². The van der Waals surface area contributed by atoms with Crippen LogP contribution in [0.5, 0.6) is 5.75 Å². The Morgan fingerprint density at radius 2 is 2.06 bits per heavy atom. The number of benzene rings is 1. The van der Waals surface area contributed by atoms with Crippen LogP contribution in [0.2, 0.25) is 0 Å². The van der Waals surface area contributed by atoms with Crippen molar-refractivity contribution < 1.29 is 9.47 Å². The second kappa shape index (κ2) is 3.75. The summed E-state index contributed by atoms with van der Waals surface area (Å²) < 4.78 is 11.1. The van der Waals surface area contributed by atoms with E-state index in [1.54, 1.807) is 7.11 Å². The molecule has 1 unspecified atom stereocenters. The minimum atomic E-state index is -0.419. The van der Waals surface area contributed by atoms with Gasteiger partial charge in [0.15, 0.2) is 0 Å². The lowest BCUT2D eigenvalue weighted by Gasteiger charge is -2.27. The van der Waals surface area contributed by atoms with Crippen LogP contribution in [-0.4, -0.2) is 19.3 Å². The van der Waals surface area contributed by atoms with Crippen LogP contribution in [0.1, 0.15) is 26.3 Å². The van der Waals surface area contributed by atoms with E-state index in [0.717, 1.165) is 11.3 Å². The zero-order valence-electron chi connectivity index (χ0n) is 10.3. The molecule has 0 bridgehead atoms. The minimum Gasteiger partial charge on any atom is -0.497 e. The fourth-order valence-electron chi connectivity index (χ4n) is 2.12. The number of methoxy groups -OCH3 is 1. The van der Waals surface area contributed by atoms with E-state index in [1.165, 1.54) is 0 Å². The minimum absolute atomic E-state index is 0.0117. The molecule has 1 saturated heterocycles. The smallest absolute Gasteiger partial charge is 0.143 e. The van der Waals surface area contributed by atoms with Crippen LogP contribution in [0, 0.1) is 0 Å². The zero-order chi connectivity index (χ0) is 11.8. The molecule has 0 aromatic heterocycles. The van der Waals surface area contributed by atoms with Crippen LogP contribution in [0.3, 0.4) is 0 Å². The third-order valence-corrected chi connectivity index (χ3v) is 2.92. The van der Waals surface area contributed by atoms with E-state index < -0.39 is 5.72 Å². The van der Waals surface area contributed by atoms with Gasteiger partial charge in [0, 0.05) is 11.1 Å². The lowest BCUT2D eigenvalue weighted by Crippen LogP contribution is -2.44. The molecule has 1 N–H and O–H groups in total. The summed E-state index contributed by atoms with van der Waals surface area (Å²) in [4.78, 5) is 0. The van der Waals surface area contributed by atoms with Crippen LogP contribution < -0.4 is 10.1 Å². The molecule has 0 spiro atoms. The second-order valence-corrected chi connectivity index (χ2v) is 5.06. The summed E-state index contributed by atoms with van der Waals surface area (Å²) in [6.45, 7) is 7.04. The monoisotopic (exact) mass is 221 g/mol. The highest BCUT2D eigenvalue weighted by Crippen LogP contribution is 2.33. The molecule has 88 valence electrons. The fourth-order valence-corrected chi connectivity index (χ4v) is 2.12. The van der Waals surface area contributed by atoms with Crippen LogP contribution in [0.15, 0.2) is 24.3 Å². The van der Waals surface area contributed by atoms with Crippen molar-refractivity contribution in [3.05, 3.63) is 29.8 Å². The van der Waals surface area contributed by atoms with E-state index in [-0.39, 0.29) is 5.54 Å². The molecule has 16 heavy (non-hydrogen) atoms. The van der Waals surface area contributed by atoms with Crippen molar-refractivity contribution in [1.82, 2.24) is 5.32 Å². The van der Waals surface area contributed by atoms with Crippen molar-refractivity contribution in [3.8, 4) is 5.75 Å². The molecule has 0 saturated carbocycles. The molecule has 1 aromatic carbocycles. The van der Waals surface area contributed by atoms with E-state index >= 15 is 0 Å². The van der Waals surface area contributed by atoms with Crippen molar-refractivity contribution >= 4 is 0 Å². The van der Waals surface area contributed by atoms with E-state index in [4.69, 9.17) is 9.47 Å². The lowest BCUT2D eigenvalue weighted by atomic mass is 10.0. The Bertz CT molecular complexity index is 389. The van der Waals surface area contributed by atoms with Gasteiger partial charge in [-0.25, -0.2) is 0 Å². The number of hydrogen-bond donors (Lipinski definition) is 1. The summed E-state index contributed by atoms with van der Waals surface area (Å²) in [5, 5.41) is 3.50. The predicted octanol–water partition coefficient (Wildman–Crippen LogP) is 2.27. The first-order chi connectivity index (χ1) is 7.45. The molecule has 1 atom stereocenters. The molecular weight excluding hydrogens is 202 g/mol. The van der Waals surface area contributed by atoms with Crippen molar-refractivity contribution in [2.75, 3.05) is 13.7 Å². The molecule has 1 heterocycles. The zero-order valence-corrected chi connectivity index (χ0v) is 10.3. The molecule has 2 rings (SSSR count). The van der Waals surface area contributed by atoms with Gasteiger partial charge in [-0.1, -0.05) is 12.1 Å². The summed E-state index contributed by atoms with van der Waals surface area (Å²) >= 11 is 0. The van der Waals surface area contributed by atoms with E-state index in [1.807, 2.05) is 18.2 Å². The number of rotatable bonds is 2. The van der Waals surface area contributed by atoms with Crippen LogP contribution in [0.25, 0.3) is 0 Å². The molecule has 0 aliphatic carbocycles. The molecule has 3 heteroatoms. The van der Waals surface area contributed by atoms with Gasteiger partial charge in [0.05, 0.1) is 13.7 Å². The van der Waals surface area contributed by atoms with Gasteiger partial charge in [-0.15, -0.1) is 0 Å². The second-order valence-electron chi connectivity index (χ2n) is 5.06. The molecule has 1 aromatic rings. The summed E-state index contributed by atoms with van der Waals surface area (Å²) in [5.74, 6) is 0.855. The summed E-state index contributed by atoms with van der Waals surface area (Å²) in [6, 6.07) is 7.98. The molecule has 1 aliphatic rings. The Labute approximate surface area is 96.8 Å². The highest BCUT2D eigenvalue weighted by molar-refractivity contribution is 5.32. The molecule has 0 radical (unpaired) electrons. The van der Waals surface area contributed by atoms with Crippen LogP contribution in [0.4, 0.5) is 0 Å². The Hall–Kier alpha value is -1.06. The van der Waals surface area contributed by atoms with Gasteiger partial charge in [0.2, 0.25) is 0 Å². The number of hydrogen-bond acceptors (Lipinski definition) is 3. The first kappa shape index (κ1) is 11.4. The first-order valence-corrected chi connectivity index (χ1v) is 5.53. The number of nitrogens with one attached hydrogen (secondary N) is 1. The van der Waals surface area contributed by atoms with Crippen LogP contribution in [-0.2, 0) is 10.5 Å². The Balaban J connectivity index is 2.30. The van der Waals surface area contributed by atoms with E-state index in [9.17, 15) is 0 Å². The Morgan fingerprint density at radius 1 is 1.31 bits per heavy atom. The largest absolute Gasteiger partial charge is 0.497 e. The Kier molecular flexibility index (Phi) is 2.68. The maximum atomic E-state index is 5.87. The third kappa shape index (κ3) is 2.06. The normalized spacial score (nSPS) is 28.0. The average Bonchev–Trinajstić information content (AvgIpc) is 2.55. The van der Waals surface area contributed by atoms with Crippen LogP contribution >= 0.6 is 0 Å². The van der Waals surface area contributed by atoms with Gasteiger partial charge in [0.1, 0.15) is 11.5 Å². The summed E-state index contributed by atoms with van der Waals surface area (Å²) in [5.41, 5.74) is 0.688. The molecule has 1 fully saturated rings. The molecule has 3 nitrogen and oxygen atoms in total. The summed E-state index contributed by atoms with van der Waals surface area (Å²) in [6.07, 6.45) is 0. The SMILES string of the molecule is COc1cccc(C2(C)NC(C)(C)CO2)c1. The van der Waals surface area contributed by atoms with Gasteiger partial charge < -0.3 is 9.47 Å². The third-order valence-electron chi connectivity index (χ3n) is 2.92. The highest BCUT2D eigenvalue weighted by Gasteiger charge is 2.41. The quantitative estimate of drug-likeness (QED) is 0.831. The fraction of sp³-hybridized carbons (Fsp3) is 0.538. The molecule has 0 amide bonds. The van der Waals surface area contributed by atoms with Gasteiger partial charge in [0.25, 0.3) is 0 Å². The predicted molar refractivity (Wildman–Crippen MR) is 63.5 cm³/mol. The average molecular weight is 221 g/mol. The lowest BCUT2D eigenvalue weighted by molar-refractivity contribution is 0.00204. The highest BCUT2D eigenvalue weighted by atomic mass is 16.5. The van der Waals surface area contributed by atoms with Gasteiger partial charge in [-0.2, -0.15) is 0 Å². The van der Waals surface area contributed by atoms with Gasteiger partial charge in [-0.05, 0) is 32.9 Å². The van der Waals surface area contributed by atoms with Crippen molar-refractivity contribution in [3.63, 3.8) is 0 Å². The standard InChI is InChI=1S/C13H19NO2/c1-12(2)9-16-13(3,14-12)10-6-5-7-11(8-10)15-4/h5-8,14H,9H2,1-4H3. The van der Waals surface area contributed by atoms with Crippen molar-refractivity contribution in [2.45, 2.75) is 32.0 Å². The van der Waals surface area contributed by atoms with Gasteiger partial charge >= 0.3 is 0 Å². The topological polar surface area (TPSA) is 30.5 Å². The van der Waals surface area contributed by atoms with Gasteiger partial charge in [-0.3, -0.25) is 5.32 Å². The molecule has 1 aliphatic heterocycles. The van der Waals surface area contributed by atoms with E-state index in [0.29, 0.717) is 6.61 Å².